The Morgan fingerprint density at radius 3 is 1.23 bits per heavy atom. The second kappa shape index (κ2) is 13.8. The maximum atomic E-state index is 5.29. The van der Waals surface area contributed by atoms with Crippen LogP contribution in [0.15, 0.2) is 218 Å². The molecule has 4 heteroatoms. The minimum absolute atomic E-state index is 0.855. The third kappa shape index (κ3) is 5.46. The smallest absolute Gasteiger partial charge is 0.0973 e. The predicted octanol–water partition coefficient (Wildman–Crippen LogP) is 14.5. The van der Waals surface area contributed by atoms with Gasteiger partial charge < -0.3 is 9.13 Å². The Labute approximate surface area is 346 Å². The number of aromatic nitrogens is 4. The summed E-state index contributed by atoms with van der Waals surface area (Å²) in [5.41, 5.74) is 17.0. The molecule has 0 N–H and O–H groups in total. The minimum atomic E-state index is 0.855. The summed E-state index contributed by atoms with van der Waals surface area (Å²) in [7, 11) is 0. The van der Waals surface area contributed by atoms with Crippen LogP contribution in [-0.2, 0) is 0 Å². The molecule has 3 heterocycles. The maximum Gasteiger partial charge on any atom is 0.0973 e. The highest BCUT2D eigenvalue weighted by molar-refractivity contribution is 6.24. The summed E-state index contributed by atoms with van der Waals surface area (Å²) in [6.07, 6.45) is 0. The fourth-order valence-corrected chi connectivity index (χ4v) is 9.16. The molecule has 3 aromatic heterocycles. The quantitative estimate of drug-likeness (QED) is 0.169. The normalized spacial score (nSPS) is 11.7. The third-order valence-electron chi connectivity index (χ3n) is 11.9. The van der Waals surface area contributed by atoms with E-state index in [1.807, 2.05) is 30.3 Å². The highest BCUT2D eigenvalue weighted by Gasteiger charge is 2.23. The molecule has 0 aliphatic heterocycles. The highest BCUT2D eigenvalue weighted by atomic mass is 15.0. The topological polar surface area (TPSA) is 35.6 Å². The fraction of sp³-hybridized carbons (Fsp3) is 0. The summed E-state index contributed by atoms with van der Waals surface area (Å²) in [5, 5.41) is 4.82. The number of hydrogen-bond donors (Lipinski definition) is 0. The van der Waals surface area contributed by atoms with Crippen LogP contribution in [0, 0.1) is 0 Å². The predicted molar refractivity (Wildman–Crippen MR) is 250 cm³/mol. The van der Waals surface area contributed by atoms with E-state index in [9.17, 15) is 0 Å². The Kier molecular flexibility index (Phi) is 7.82. The Hall–Kier alpha value is -8.08. The molecule has 9 aromatic carbocycles. The summed E-state index contributed by atoms with van der Waals surface area (Å²) in [6, 6.07) is 78.1. The number of nitrogens with zero attached hydrogens (tertiary/aromatic N) is 4. The lowest BCUT2D eigenvalue weighted by Gasteiger charge is -2.16. The van der Waals surface area contributed by atoms with Crippen molar-refractivity contribution in [2.75, 3.05) is 0 Å². The summed E-state index contributed by atoms with van der Waals surface area (Å²) in [4.78, 5) is 10.5. The van der Waals surface area contributed by atoms with Crippen molar-refractivity contribution in [3.8, 4) is 56.1 Å². The standard InChI is InChI=1S/C56H36N4/c1-4-17-37(18-5-1)41-33-42(38-19-6-2-7-20-38)36-44(35-41)60-52-30-15-11-26-46(52)48-32-31-47-45-25-10-14-29-51(45)59(55(47)56(48)60)43-24-16-23-40(34-43)54-53(39-21-8-3-9-22-39)57-49-27-12-13-28-50(49)58-54/h1-36H. The zero-order valence-electron chi connectivity index (χ0n) is 32.6. The molecule has 60 heavy (non-hydrogen) atoms. The summed E-state index contributed by atoms with van der Waals surface area (Å²) < 4.78 is 4.95. The van der Waals surface area contributed by atoms with E-state index in [0.29, 0.717) is 0 Å². The van der Waals surface area contributed by atoms with Crippen LogP contribution < -0.4 is 0 Å². The summed E-state index contributed by atoms with van der Waals surface area (Å²) >= 11 is 0. The lowest BCUT2D eigenvalue weighted by Crippen LogP contribution is -2.00. The van der Waals surface area contributed by atoms with E-state index >= 15 is 0 Å². The Balaban J connectivity index is 1.17. The second-order valence-electron chi connectivity index (χ2n) is 15.4. The van der Waals surface area contributed by atoms with Crippen LogP contribution >= 0.6 is 0 Å². The van der Waals surface area contributed by atoms with E-state index in [0.717, 1.165) is 67.0 Å². The third-order valence-corrected chi connectivity index (χ3v) is 11.9. The molecular formula is C56H36N4. The first-order valence-electron chi connectivity index (χ1n) is 20.4. The van der Waals surface area contributed by atoms with E-state index in [4.69, 9.17) is 9.97 Å². The van der Waals surface area contributed by atoms with Gasteiger partial charge in [0.2, 0.25) is 0 Å². The molecule has 4 nitrogen and oxygen atoms in total. The van der Waals surface area contributed by atoms with Gasteiger partial charge in [-0.25, -0.2) is 9.97 Å². The van der Waals surface area contributed by atoms with Gasteiger partial charge in [0.15, 0.2) is 0 Å². The van der Waals surface area contributed by atoms with Crippen molar-refractivity contribution < 1.29 is 0 Å². The summed E-state index contributed by atoms with van der Waals surface area (Å²) in [6.45, 7) is 0. The number of hydrogen-bond acceptors (Lipinski definition) is 2. The molecule has 0 radical (unpaired) electrons. The molecule has 0 aliphatic carbocycles. The van der Waals surface area contributed by atoms with E-state index in [1.165, 1.54) is 43.8 Å². The number of fused-ring (bicyclic) bond motifs is 8. The first-order valence-corrected chi connectivity index (χ1v) is 20.4. The molecule has 0 aliphatic rings. The molecule has 12 rings (SSSR count). The van der Waals surface area contributed by atoms with Gasteiger partial charge >= 0.3 is 0 Å². The number of benzene rings is 9. The first kappa shape index (κ1) is 34.0. The van der Waals surface area contributed by atoms with Crippen molar-refractivity contribution in [2.45, 2.75) is 0 Å². The number of rotatable bonds is 6. The monoisotopic (exact) mass is 764 g/mol. The van der Waals surface area contributed by atoms with Crippen LogP contribution in [0.2, 0.25) is 0 Å². The lowest BCUT2D eigenvalue weighted by atomic mass is 9.98. The summed E-state index contributed by atoms with van der Waals surface area (Å²) in [5.74, 6) is 0. The van der Waals surface area contributed by atoms with Gasteiger partial charge in [0, 0.05) is 44.0 Å². The van der Waals surface area contributed by atoms with Crippen LogP contribution in [0.25, 0.3) is 111 Å². The Bertz CT molecular complexity index is 3530. The van der Waals surface area contributed by atoms with Crippen LogP contribution in [0.1, 0.15) is 0 Å². The van der Waals surface area contributed by atoms with Crippen LogP contribution in [-0.4, -0.2) is 19.1 Å². The molecule has 0 atom stereocenters. The molecule has 280 valence electrons. The Morgan fingerprint density at radius 2 is 0.683 bits per heavy atom. The lowest BCUT2D eigenvalue weighted by molar-refractivity contribution is 1.15. The van der Waals surface area contributed by atoms with Crippen molar-refractivity contribution in [1.29, 1.82) is 0 Å². The van der Waals surface area contributed by atoms with Gasteiger partial charge in [0.1, 0.15) is 0 Å². The van der Waals surface area contributed by atoms with Gasteiger partial charge in [-0.15, -0.1) is 0 Å². The Morgan fingerprint density at radius 1 is 0.267 bits per heavy atom. The fourth-order valence-electron chi connectivity index (χ4n) is 9.16. The number of para-hydroxylation sites is 4. The van der Waals surface area contributed by atoms with Crippen molar-refractivity contribution in [1.82, 2.24) is 19.1 Å². The van der Waals surface area contributed by atoms with Crippen molar-refractivity contribution >= 4 is 54.6 Å². The second-order valence-corrected chi connectivity index (χ2v) is 15.4. The molecular weight excluding hydrogens is 729 g/mol. The molecule has 0 fully saturated rings. The van der Waals surface area contributed by atoms with Gasteiger partial charge in [-0.2, -0.15) is 0 Å². The molecule has 0 saturated heterocycles. The van der Waals surface area contributed by atoms with Gasteiger partial charge in [0.25, 0.3) is 0 Å². The minimum Gasteiger partial charge on any atom is -0.307 e. The van der Waals surface area contributed by atoms with E-state index in [1.54, 1.807) is 0 Å². The van der Waals surface area contributed by atoms with Gasteiger partial charge in [0.05, 0.1) is 44.5 Å². The van der Waals surface area contributed by atoms with Crippen LogP contribution in [0.3, 0.4) is 0 Å². The highest BCUT2D eigenvalue weighted by Crippen LogP contribution is 2.43. The van der Waals surface area contributed by atoms with Crippen molar-refractivity contribution in [3.05, 3.63) is 218 Å². The maximum absolute atomic E-state index is 5.29. The van der Waals surface area contributed by atoms with Gasteiger partial charge in [-0.05, 0) is 76.9 Å². The largest absolute Gasteiger partial charge is 0.307 e. The molecule has 0 saturated carbocycles. The van der Waals surface area contributed by atoms with E-state index in [-0.39, 0.29) is 0 Å². The first-order chi connectivity index (χ1) is 29.8. The average Bonchev–Trinajstić information content (AvgIpc) is 3.85. The SMILES string of the molecule is c1ccc(-c2cc(-c3ccccc3)cc(-n3c4ccccc4c4ccc5c6ccccc6n(-c6cccc(-c7nc8ccccc8nc7-c7ccccc7)c6)c5c43)c2)cc1. The molecule has 0 spiro atoms. The molecule has 12 aromatic rings. The van der Waals surface area contributed by atoms with E-state index in [2.05, 4.69) is 197 Å². The molecule has 0 unspecified atom stereocenters. The molecule has 0 bridgehead atoms. The van der Waals surface area contributed by atoms with Crippen molar-refractivity contribution in [3.63, 3.8) is 0 Å². The van der Waals surface area contributed by atoms with Gasteiger partial charge in [-0.3, -0.25) is 0 Å². The van der Waals surface area contributed by atoms with Crippen LogP contribution in [0.5, 0.6) is 0 Å². The zero-order chi connectivity index (χ0) is 39.6. The average molecular weight is 765 g/mol. The molecule has 0 amide bonds. The van der Waals surface area contributed by atoms with Gasteiger partial charge in [-0.1, -0.05) is 164 Å². The van der Waals surface area contributed by atoms with Crippen molar-refractivity contribution in [2.24, 2.45) is 0 Å². The zero-order valence-corrected chi connectivity index (χ0v) is 32.6. The van der Waals surface area contributed by atoms with Crippen LogP contribution in [0.4, 0.5) is 0 Å². The van der Waals surface area contributed by atoms with E-state index < -0.39 is 0 Å².